The minimum absolute atomic E-state index is 0.144. The lowest BCUT2D eigenvalue weighted by Gasteiger charge is -2.16. The van der Waals surface area contributed by atoms with Gasteiger partial charge in [-0.05, 0) is 6.42 Å². The summed E-state index contributed by atoms with van der Waals surface area (Å²) in [5, 5.41) is 1.99. The highest BCUT2D eigenvalue weighted by Crippen LogP contribution is 2.23. The third-order valence-electron chi connectivity index (χ3n) is 1.98. The van der Waals surface area contributed by atoms with Crippen LogP contribution < -0.4 is 21.3 Å². The Morgan fingerprint density at radius 3 is 2.45 bits per heavy atom. The Morgan fingerprint density at radius 2 is 1.90 bits per heavy atom. The highest BCUT2D eigenvalue weighted by atomic mass is 19.3. The number of aromatic nitrogens is 3. The number of rotatable bonds is 8. The lowest BCUT2D eigenvalue weighted by atomic mass is 10.3. The van der Waals surface area contributed by atoms with Crippen molar-refractivity contribution in [2.45, 2.75) is 25.7 Å². The number of ether oxygens (including phenoxy) is 1. The first-order valence-electron chi connectivity index (χ1n) is 5.64. The number of halogens is 4. The molecule has 11 heteroatoms. The summed E-state index contributed by atoms with van der Waals surface area (Å²) in [6.07, 6.45) is -3.12. The molecule has 0 unspecified atom stereocenters. The monoisotopic (exact) mass is 298 g/mol. The molecule has 0 amide bonds. The first kappa shape index (κ1) is 16.1. The SMILES string of the molecule is CCCOc1nc(NN)nc(NCC(F)(F)C(F)F)n1. The summed E-state index contributed by atoms with van der Waals surface area (Å²) >= 11 is 0. The molecule has 114 valence electrons. The van der Waals surface area contributed by atoms with E-state index in [1.54, 1.807) is 0 Å². The van der Waals surface area contributed by atoms with Crippen LogP contribution in [-0.4, -0.2) is 40.5 Å². The van der Waals surface area contributed by atoms with E-state index in [0.29, 0.717) is 13.0 Å². The van der Waals surface area contributed by atoms with Crippen molar-refractivity contribution in [3.05, 3.63) is 0 Å². The van der Waals surface area contributed by atoms with E-state index in [4.69, 9.17) is 10.6 Å². The predicted octanol–water partition coefficient (Wildman–Crippen LogP) is 1.26. The molecule has 20 heavy (non-hydrogen) atoms. The molecule has 1 aromatic heterocycles. The van der Waals surface area contributed by atoms with Gasteiger partial charge in [0.05, 0.1) is 13.2 Å². The van der Waals surface area contributed by atoms with Gasteiger partial charge < -0.3 is 10.1 Å². The number of nitrogens with two attached hydrogens (primary N) is 1. The maximum atomic E-state index is 12.8. The Hall–Kier alpha value is -1.91. The Morgan fingerprint density at radius 1 is 1.25 bits per heavy atom. The van der Waals surface area contributed by atoms with E-state index in [1.807, 2.05) is 12.2 Å². The van der Waals surface area contributed by atoms with E-state index in [9.17, 15) is 17.6 Å². The standard InChI is InChI=1S/C9H14F4N6O/c1-2-3-20-8-17-6(16-7(18-8)19-14)15-4-9(12,13)5(10)11/h5H,2-4,14H2,1H3,(H2,15,16,17,18,19). The summed E-state index contributed by atoms with van der Waals surface area (Å²) < 4.78 is 54.6. The van der Waals surface area contributed by atoms with Crippen molar-refractivity contribution in [3.63, 3.8) is 0 Å². The molecular formula is C9H14F4N6O. The highest BCUT2D eigenvalue weighted by molar-refractivity contribution is 5.35. The van der Waals surface area contributed by atoms with E-state index in [1.165, 1.54) is 0 Å². The van der Waals surface area contributed by atoms with Crippen molar-refractivity contribution >= 4 is 11.9 Å². The van der Waals surface area contributed by atoms with Crippen LogP contribution in [0.5, 0.6) is 6.01 Å². The fraction of sp³-hybridized carbons (Fsp3) is 0.667. The van der Waals surface area contributed by atoms with Gasteiger partial charge in [0.25, 0.3) is 0 Å². The molecule has 0 fully saturated rings. The molecule has 1 rings (SSSR count). The van der Waals surface area contributed by atoms with E-state index in [0.717, 1.165) is 0 Å². The molecule has 0 bridgehead atoms. The Bertz CT molecular complexity index is 433. The van der Waals surface area contributed by atoms with Crippen LogP contribution >= 0.6 is 0 Å². The minimum Gasteiger partial charge on any atom is -0.463 e. The van der Waals surface area contributed by atoms with Gasteiger partial charge in [-0.15, -0.1) is 0 Å². The van der Waals surface area contributed by atoms with E-state index in [-0.39, 0.29) is 17.9 Å². The first-order valence-corrected chi connectivity index (χ1v) is 5.64. The van der Waals surface area contributed by atoms with Crippen LogP contribution in [0.2, 0.25) is 0 Å². The number of alkyl halides is 4. The molecule has 0 atom stereocenters. The normalized spacial score (nSPS) is 11.6. The summed E-state index contributed by atoms with van der Waals surface area (Å²) in [6, 6.07) is -0.155. The minimum atomic E-state index is -4.20. The summed E-state index contributed by atoms with van der Waals surface area (Å²) in [4.78, 5) is 11.0. The molecule has 0 radical (unpaired) electrons. The summed E-state index contributed by atoms with van der Waals surface area (Å²) in [6.45, 7) is 0.804. The van der Waals surface area contributed by atoms with E-state index < -0.39 is 18.9 Å². The second-order valence-corrected chi connectivity index (χ2v) is 3.67. The highest BCUT2D eigenvalue weighted by Gasteiger charge is 2.40. The van der Waals surface area contributed by atoms with Gasteiger partial charge in [0.15, 0.2) is 0 Å². The van der Waals surface area contributed by atoms with E-state index >= 15 is 0 Å². The van der Waals surface area contributed by atoms with Crippen LogP contribution in [0.1, 0.15) is 13.3 Å². The fourth-order valence-corrected chi connectivity index (χ4v) is 1.03. The first-order chi connectivity index (χ1) is 9.39. The maximum absolute atomic E-state index is 12.8. The number of hydrazine groups is 1. The predicted molar refractivity (Wildman–Crippen MR) is 62.9 cm³/mol. The Kier molecular flexibility index (Phi) is 5.67. The average Bonchev–Trinajstić information content (AvgIpc) is 2.42. The lowest BCUT2D eigenvalue weighted by Crippen LogP contribution is -2.35. The average molecular weight is 298 g/mol. The molecule has 1 aromatic rings. The van der Waals surface area contributed by atoms with Crippen LogP contribution in [0, 0.1) is 0 Å². The molecule has 0 aliphatic rings. The second kappa shape index (κ2) is 7.03. The molecule has 0 aromatic carbocycles. The molecule has 0 spiro atoms. The maximum Gasteiger partial charge on any atom is 0.324 e. The zero-order valence-electron chi connectivity index (χ0n) is 10.5. The van der Waals surface area contributed by atoms with Crippen LogP contribution in [0.25, 0.3) is 0 Å². The molecule has 4 N–H and O–H groups in total. The molecule has 0 aliphatic heterocycles. The number of nitrogens with one attached hydrogen (secondary N) is 2. The lowest BCUT2D eigenvalue weighted by molar-refractivity contribution is -0.117. The molecule has 0 saturated carbocycles. The van der Waals surface area contributed by atoms with Crippen LogP contribution in [0.3, 0.4) is 0 Å². The van der Waals surface area contributed by atoms with Crippen LogP contribution in [0.4, 0.5) is 29.5 Å². The fourth-order valence-electron chi connectivity index (χ4n) is 1.03. The number of nitrogens with zero attached hydrogens (tertiary/aromatic N) is 3. The van der Waals surface area contributed by atoms with Crippen molar-refractivity contribution in [2.75, 3.05) is 23.9 Å². The van der Waals surface area contributed by atoms with Crippen LogP contribution in [-0.2, 0) is 0 Å². The van der Waals surface area contributed by atoms with Crippen molar-refractivity contribution in [1.29, 1.82) is 0 Å². The van der Waals surface area contributed by atoms with Gasteiger partial charge in [0.2, 0.25) is 11.9 Å². The van der Waals surface area contributed by atoms with Crippen molar-refractivity contribution in [3.8, 4) is 6.01 Å². The van der Waals surface area contributed by atoms with Crippen molar-refractivity contribution in [1.82, 2.24) is 15.0 Å². The van der Waals surface area contributed by atoms with E-state index in [2.05, 4.69) is 20.4 Å². The third kappa shape index (κ3) is 4.64. The summed E-state index contributed by atoms with van der Waals surface area (Å²) in [7, 11) is 0. The smallest absolute Gasteiger partial charge is 0.324 e. The summed E-state index contributed by atoms with van der Waals surface area (Å²) in [5.74, 6) is 0.399. The van der Waals surface area contributed by atoms with Crippen molar-refractivity contribution < 1.29 is 22.3 Å². The van der Waals surface area contributed by atoms with Gasteiger partial charge in [-0.2, -0.15) is 23.7 Å². The van der Waals surface area contributed by atoms with Gasteiger partial charge in [0.1, 0.15) is 0 Å². The van der Waals surface area contributed by atoms with Crippen molar-refractivity contribution in [2.24, 2.45) is 5.84 Å². The molecule has 0 aliphatic carbocycles. The second-order valence-electron chi connectivity index (χ2n) is 3.67. The zero-order chi connectivity index (χ0) is 15.2. The Balaban J connectivity index is 2.78. The van der Waals surface area contributed by atoms with Gasteiger partial charge in [0, 0.05) is 0 Å². The number of hydrogen-bond acceptors (Lipinski definition) is 7. The topological polar surface area (TPSA) is 98.0 Å². The molecule has 7 nitrogen and oxygen atoms in total. The van der Waals surface area contributed by atoms with Gasteiger partial charge in [-0.25, -0.2) is 14.6 Å². The van der Waals surface area contributed by atoms with Crippen LogP contribution in [0.15, 0.2) is 0 Å². The summed E-state index contributed by atoms with van der Waals surface area (Å²) in [5.41, 5.74) is 2.09. The third-order valence-corrected chi connectivity index (χ3v) is 1.98. The number of anilines is 2. The van der Waals surface area contributed by atoms with Gasteiger partial charge >= 0.3 is 18.4 Å². The largest absolute Gasteiger partial charge is 0.463 e. The number of nitrogen functional groups attached to an aromatic ring is 1. The molecule has 1 heterocycles. The number of hydrogen-bond donors (Lipinski definition) is 3. The molecule has 0 saturated heterocycles. The quantitative estimate of drug-likeness (QED) is 0.377. The van der Waals surface area contributed by atoms with Gasteiger partial charge in [-0.1, -0.05) is 6.92 Å². The Labute approximate surface area is 111 Å². The van der Waals surface area contributed by atoms with Gasteiger partial charge in [-0.3, -0.25) is 5.43 Å². The zero-order valence-corrected chi connectivity index (χ0v) is 10.5. The molecular weight excluding hydrogens is 284 g/mol.